The molecule has 1 aromatic carbocycles. The van der Waals surface area contributed by atoms with Gasteiger partial charge in [0, 0.05) is 17.1 Å². The average molecular weight is 185 g/mol. The van der Waals surface area contributed by atoms with E-state index < -0.39 is 0 Å². The van der Waals surface area contributed by atoms with Crippen molar-refractivity contribution in [3.8, 4) is 5.75 Å². The molecule has 0 unspecified atom stereocenters. The predicted octanol–water partition coefficient (Wildman–Crippen LogP) is 2.67. The summed E-state index contributed by atoms with van der Waals surface area (Å²) in [6.45, 7) is 3.66. The molecule has 2 heteroatoms. The van der Waals surface area contributed by atoms with Gasteiger partial charge in [-0.15, -0.1) is 6.58 Å². The highest BCUT2D eigenvalue weighted by molar-refractivity contribution is 5.83. The van der Waals surface area contributed by atoms with Crippen LogP contribution in [0.1, 0.15) is 5.56 Å². The minimum absolute atomic E-state index is 0.288. The van der Waals surface area contributed by atoms with Gasteiger partial charge >= 0.3 is 0 Å². The van der Waals surface area contributed by atoms with Gasteiger partial charge in [0.2, 0.25) is 0 Å². The van der Waals surface area contributed by atoms with E-state index in [-0.39, 0.29) is 5.75 Å². The Labute approximate surface area is 82.5 Å². The van der Waals surface area contributed by atoms with E-state index in [0.717, 1.165) is 16.5 Å². The standard InChI is InChI=1S/C12H11NO/c1-2-4-10-11(14)7-6-9-5-3-8-13-12(9)10/h2-3,5-8,14H,1,4H2. The van der Waals surface area contributed by atoms with Crippen molar-refractivity contribution in [2.75, 3.05) is 0 Å². The molecule has 0 saturated carbocycles. The van der Waals surface area contributed by atoms with E-state index in [1.807, 2.05) is 18.2 Å². The van der Waals surface area contributed by atoms with Crippen LogP contribution in [-0.4, -0.2) is 10.1 Å². The van der Waals surface area contributed by atoms with Crippen molar-refractivity contribution in [1.82, 2.24) is 4.98 Å². The van der Waals surface area contributed by atoms with E-state index in [4.69, 9.17) is 0 Å². The normalized spacial score (nSPS) is 10.3. The van der Waals surface area contributed by atoms with E-state index in [2.05, 4.69) is 11.6 Å². The van der Waals surface area contributed by atoms with Gasteiger partial charge in [0.15, 0.2) is 0 Å². The summed E-state index contributed by atoms with van der Waals surface area (Å²) in [6, 6.07) is 7.43. The smallest absolute Gasteiger partial charge is 0.121 e. The molecule has 14 heavy (non-hydrogen) atoms. The van der Waals surface area contributed by atoms with E-state index in [1.54, 1.807) is 18.3 Å². The van der Waals surface area contributed by atoms with Gasteiger partial charge in [0.1, 0.15) is 5.75 Å². The Morgan fingerprint density at radius 1 is 1.36 bits per heavy atom. The third-order valence-electron chi connectivity index (χ3n) is 2.20. The maximum absolute atomic E-state index is 9.65. The van der Waals surface area contributed by atoms with Crippen molar-refractivity contribution >= 4 is 10.9 Å². The number of nitrogens with zero attached hydrogens (tertiary/aromatic N) is 1. The number of fused-ring (bicyclic) bond motifs is 1. The van der Waals surface area contributed by atoms with Crippen molar-refractivity contribution in [3.63, 3.8) is 0 Å². The number of rotatable bonds is 2. The van der Waals surface area contributed by atoms with Crippen molar-refractivity contribution in [1.29, 1.82) is 0 Å². The number of benzene rings is 1. The molecule has 0 radical (unpaired) electrons. The number of aromatic nitrogens is 1. The van der Waals surface area contributed by atoms with Crippen LogP contribution in [0.15, 0.2) is 43.1 Å². The number of phenols is 1. The summed E-state index contributed by atoms with van der Waals surface area (Å²) in [5, 5.41) is 10.7. The number of aromatic hydroxyl groups is 1. The van der Waals surface area contributed by atoms with Crippen LogP contribution in [0, 0.1) is 0 Å². The van der Waals surface area contributed by atoms with E-state index >= 15 is 0 Å². The molecule has 1 N–H and O–H groups in total. The van der Waals surface area contributed by atoms with Crippen LogP contribution in [-0.2, 0) is 6.42 Å². The number of pyridine rings is 1. The Kier molecular flexibility index (Phi) is 2.19. The fourth-order valence-electron chi connectivity index (χ4n) is 1.54. The molecule has 70 valence electrons. The van der Waals surface area contributed by atoms with Crippen LogP contribution >= 0.6 is 0 Å². The summed E-state index contributed by atoms with van der Waals surface area (Å²) in [4.78, 5) is 4.25. The number of hydrogen-bond acceptors (Lipinski definition) is 2. The minimum Gasteiger partial charge on any atom is -0.508 e. The minimum atomic E-state index is 0.288. The highest BCUT2D eigenvalue weighted by Gasteiger charge is 2.05. The summed E-state index contributed by atoms with van der Waals surface area (Å²) >= 11 is 0. The second-order valence-electron chi connectivity index (χ2n) is 3.13. The van der Waals surface area contributed by atoms with Crippen LogP contribution in [0.3, 0.4) is 0 Å². The Balaban J connectivity index is 2.75. The molecule has 2 aromatic rings. The Morgan fingerprint density at radius 2 is 2.21 bits per heavy atom. The molecule has 2 rings (SSSR count). The second kappa shape index (κ2) is 3.50. The molecular weight excluding hydrogens is 174 g/mol. The molecule has 0 amide bonds. The zero-order chi connectivity index (χ0) is 9.97. The first-order valence-corrected chi connectivity index (χ1v) is 4.49. The second-order valence-corrected chi connectivity index (χ2v) is 3.13. The molecule has 0 aliphatic rings. The molecular formula is C12H11NO. The summed E-state index contributed by atoms with van der Waals surface area (Å²) in [5.41, 5.74) is 1.70. The number of phenolic OH excluding ortho intramolecular Hbond substituents is 1. The van der Waals surface area contributed by atoms with Gasteiger partial charge in [0.05, 0.1) is 5.52 Å². The van der Waals surface area contributed by atoms with Gasteiger partial charge in [0.25, 0.3) is 0 Å². The lowest BCUT2D eigenvalue weighted by atomic mass is 10.1. The summed E-state index contributed by atoms with van der Waals surface area (Å²) < 4.78 is 0. The molecule has 0 spiro atoms. The van der Waals surface area contributed by atoms with Crippen LogP contribution in [0.2, 0.25) is 0 Å². The van der Waals surface area contributed by atoms with Crippen LogP contribution in [0.5, 0.6) is 5.75 Å². The molecule has 0 aliphatic carbocycles. The average Bonchev–Trinajstić information content (AvgIpc) is 2.23. The molecule has 0 saturated heterocycles. The number of allylic oxidation sites excluding steroid dienone is 1. The maximum Gasteiger partial charge on any atom is 0.121 e. The van der Waals surface area contributed by atoms with E-state index in [9.17, 15) is 5.11 Å². The SMILES string of the molecule is C=CCc1c(O)ccc2cccnc12. The first-order chi connectivity index (χ1) is 6.83. The zero-order valence-corrected chi connectivity index (χ0v) is 7.77. The lowest BCUT2D eigenvalue weighted by molar-refractivity contribution is 0.470. The lowest BCUT2D eigenvalue weighted by Gasteiger charge is -2.05. The molecule has 0 bridgehead atoms. The highest BCUT2D eigenvalue weighted by atomic mass is 16.3. The van der Waals surface area contributed by atoms with Crippen LogP contribution in [0.25, 0.3) is 10.9 Å². The van der Waals surface area contributed by atoms with Crippen LogP contribution < -0.4 is 0 Å². The lowest BCUT2D eigenvalue weighted by Crippen LogP contribution is -1.88. The summed E-state index contributed by atoms with van der Waals surface area (Å²) in [6.07, 6.45) is 4.14. The van der Waals surface area contributed by atoms with Gasteiger partial charge in [-0.05, 0) is 24.6 Å². The largest absolute Gasteiger partial charge is 0.508 e. The molecule has 0 atom stereocenters. The van der Waals surface area contributed by atoms with Crippen molar-refractivity contribution in [2.45, 2.75) is 6.42 Å². The van der Waals surface area contributed by atoms with Crippen molar-refractivity contribution in [2.24, 2.45) is 0 Å². The van der Waals surface area contributed by atoms with E-state index in [0.29, 0.717) is 6.42 Å². The Hall–Kier alpha value is -1.83. The molecule has 2 nitrogen and oxygen atoms in total. The third kappa shape index (κ3) is 1.35. The Bertz CT molecular complexity index is 477. The molecule has 1 aromatic heterocycles. The Morgan fingerprint density at radius 3 is 3.00 bits per heavy atom. The van der Waals surface area contributed by atoms with Crippen LogP contribution in [0.4, 0.5) is 0 Å². The molecule has 0 fully saturated rings. The van der Waals surface area contributed by atoms with Gasteiger partial charge in [-0.25, -0.2) is 0 Å². The zero-order valence-electron chi connectivity index (χ0n) is 7.77. The maximum atomic E-state index is 9.65. The van der Waals surface area contributed by atoms with Crippen molar-refractivity contribution < 1.29 is 5.11 Å². The fraction of sp³-hybridized carbons (Fsp3) is 0.0833. The monoisotopic (exact) mass is 185 g/mol. The van der Waals surface area contributed by atoms with Gasteiger partial charge in [-0.3, -0.25) is 4.98 Å². The summed E-state index contributed by atoms with van der Waals surface area (Å²) in [5.74, 6) is 0.288. The highest BCUT2D eigenvalue weighted by Crippen LogP contribution is 2.25. The van der Waals surface area contributed by atoms with E-state index in [1.165, 1.54) is 0 Å². The molecule has 0 aliphatic heterocycles. The van der Waals surface area contributed by atoms with Gasteiger partial charge in [-0.2, -0.15) is 0 Å². The fourth-order valence-corrected chi connectivity index (χ4v) is 1.54. The predicted molar refractivity (Wildman–Crippen MR) is 57.3 cm³/mol. The molecule has 1 heterocycles. The van der Waals surface area contributed by atoms with Crippen molar-refractivity contribution in [3.05, 3.63) is 48.7 Å². The third-order valence-corrected chi connectivity index (χ3v) is 2.20. The first kappa shape index (κ1) is 8.75. The quantitative estimate of drug-likeness (QED) is 0.729. The first-order valence-electron chi connectivity index (χ1n) is 4.49. The number of hydrogen-bond donors (Lipinski definition) is 1. The van der Waals surface area contributed by atoms with Gasteiger partial charge in [-0.1, -0.05) is 12.1 Å². The van der Waals surface area contributed by atoms with Gasteiger partial charge < -0.3 is 5.11 Å². The summed E-state index contributed by atoms with van der Waals surface area (Å²) in [7, 11) is 0. The topological polar surface area (TPSA) is 33.1 Å².